The Morgan fingerprint density at radius 3 is 2.62 bits per heavy atom. The Hall–Kier alpha value is -1.82. The predicted octanol–water partition coefficient (Wildman–Crippen LogP) is 2.69. The molecule has 3 saturated heterocycles. The van der Waals surface area contributed by atoms with Crippen molar-refractivity contribution in [3.8, 4) is 0 Å². The van der Waals surface area contributed by atoms with Gasteiger partial charge in [0.25, 0.3) is 5.91 Å². The molecule has 29 heavy (non-hydrogen) atoms. The molecule has 0 spiro atoms. The van der Waals surface area contributed by atoms with Crippen LogP contribution in [0.3, 0.4) is 0 Å². The minimum absolute atomic E-state index is 0.0248. The molecule has 0 aliphatic carbocycles. The molecular weight excluding hydrogens is 364 g/mol. The molecule has 0 unspecified atom stereocenters. The Labute approximate surface area is 174 Å². The maximum Gasteiger partial charge on any atom is 0.255 e. The van der Waals surface area contributed by atoms with Gasteiger partial charge in [-0.15, -0.1) is 0 Å². The molecule has 1 aromatic rings. The van der Waals surface area contributed by atoms with E-state index in [0.29, 0.717) is 30.5 Å². The summed E-state index contributed by atoms with van der Waals surface area (Å²) in [5, 5.41) is 3.06. The van der Waals surface area contributed by atoms with Crippen molar-refractivity contribution in [1.82, 2.24) is 19.7 Å². The molecule has 4 rings (SSSR count). The van der Waals surface area contributed by atoms with Gasteiger partial charge in [0.2, 0.25) is 5.91 Å². The first-order valence-corrected chi connectivity index (χ1v) is 11.2. The number of hydrogen-bond acceptors (Lipinski definition) is 3. The number of nitrogens with one attached hydrogen (secondary N) is 1. The first-order chi connectivity index (χ1) is 13.7. The molecule has 0 saturated carbocycles. The Morgan fingerprint density at radius 1 is 1.17 bits per heavy atom. The third-order valence-corrected chi connectivity index (χ3v) is 7.18. The Kier molecular flexibility index (Phi) is 5.49. The van der Waals surface area contributed by atoms with Gasteiger partial charge in [0, 0.05) is 56.6 Å². The average Bonchev–Trinajstić information content (AvgIpc) is 3.17. The molecule has 3 fully saturated rings. The molecule has 160 valence electrons. The lowest BCUT2D eigenvalue weighted by Crippen LogP contribution is -2.66. The second kappa shape index (κ2) is 7.78. The molecule has 0 radical (unpaired) electrons. The van der Waals surface area contributed by atoms with E-state index in [1.54, 1.807) is 6.92 Å². The van der Waals surface area contributed by atoms with E-state index in [-0.39, 0.29) is 17.4 Å². The van der Waals surface area contributed by atoms with Crippen LogP contribution in [0.25, 0.3) is 0 Å². The molecule has 2 amide bonds. The molecular formula is C23H36N4O2. The van der Waals surface area contributed by atoms with Crippen molar-refractivity contribution >= 4 is 11.8 Å². The van der Waals surface area contributed by atoms with Crippen LogP contribution in [0.15, 0.2) is 18.5 Å². The number of piperidine rings is 3. The summed E-state index contributed by atoms with van der Waals surface area (Å²) in [4.78, 5) is 29.7. The molecule has 6 heteroatoms. The number of carbonyl (C=O) groups excluding carboxylic acids is 2. The van der Waals surface area contributed by atoms with Crippen LogP contribution in [0.5, 0.6) is 0 Å². The topological polar surface area (TPSA) is 57.6 Å². The van der Waals surface area contributed by atoms with Gasteiger partial charge in [-0.25, -0.2) is 0 Å². The molecule has 4 heterocycles. The summed E-state index contributed by atoms with van der Waals surface area (Å²) in [6, 6.07) is 2.85. The van der Waals surface area contributed by atoms with E-state index in [2.05, 4.69) is 40.5 Å². The number of rotatable bonds is 3. The van der Waals surface area contributed by atoms with Gasteiger partial charge in [-0.3, -0.25) is 14.5 Å². The van der Waals surface area contributed by atoms with Gasteiger partial charge < -0.3 is 14.8 Å². The van der Waals surface area contributed by atoms with E-state index in [0.717, 1.165) is 25.2 Å². The van der Waals surface area contributed by atoms with Crippen LogP contribution >= 0.6 is 0 Å². The van der Waals surface area contributed by atoms with Crippen molar-refractivity contribution in [2.75, 3.05) is 26.2 Å². The van der Waals surface area contributed by atoms with Crippen molar-refractivity contribution in [3.05, 3.63) is 24.0 Å². The van der Waals surface area contributed by atoms with Crippen LogP contribution in [-0.2, 0) is 10.3 Å². The third-order valence-electron chi connectivity index (χ3n) is 7.18. The SMILES string of the molecule is CC(=O)NC[C@H]1[C@H]2C[C@H](CN(C(=O)c3ccn(C(C)(C)C)c3)C2)[C@@H]2CCCCN21. The van der Waals surface area contributed by atoms with Gasteiger partial charge in [-0.05, 0) is 64.5 Å². The van der Waals surface area contributed by atoms with Gasteiger partial charge in [-0.2, -0.15) is 0 Å². The summed E-state index contributed by atoms with van der Waals surface area (Å²) in [6.07, 6.45) is 8.93. The molecule has 3 aliphatic heterocycles. The minimum atomic E-state index is -0.0248. The molecule has 6 nitrogen and oxygen atoms in total. The van der Waals surface area contributed by atoms with E-state index < -0.39 is 0 Å². The van der Waals surface area contributed by atoms with Crippen molar-refractivity contribution in [2.24, 2.45) is 11.8 Å². The van der Waals surface area contributed by atoms with Gasteiger partial charge in [0.1, 0.15) is 0 Å². The van der Waals surface area contributed by atoms with Crippen molar-refractivity contribution in [1.29, 1.82) is 0 Å². The Bertz CT molecular complexity index is 765. The maximum atomic E-state index is 13.3. The summed E-state index contributed by atoms with van der Waals surface area (Å²) in [6.45, 7) is 11.5. The zero-order valence-electron chi connectivity index (χ0n) is 18.4. The maximum absolute atomic E-state index is 13.3. The summed E-state index contributed by atoms with van der Waals surface area (Å²) in [7, 11) is 0. The summed E-state index contributed by atoms with van der Waals surface area (Å²) >= 11 is 0. The highest BCUT2D eigenvalue weighted by Gasteiger charge is 2.47. The van der Waals surface area contributed by atoms with Crippen molar-refractivity contribution in [2.45, 2.75) is 71.0 Å². The highest BCUT2D eigenvalue weighted by atomic mass is 16.2. The highest BCUT2D eigenvalue weighted by molar-refractivity contribution is 5.94. The lowest BCUT2D eigenvalue weighted by Gasteiger charge is -2.56. The third kappa shape index (κ3) is 4.09. The second-order valence-corrected chi connectivity index (χ2v) is 10.2. The number of carbonyl (C=O) groups is 2. The molecule has 1 aromatic heterocycles. The van der Waals surface area contributed by atoms with Crippen LogP contribution in [0.4, 0.5) is 0 Å². The monoisotopic (exact) mass is 400 g/mol. The quantitative estimate of drug-likeness (QED) is 0.849. The normalized spacial score (nSPS) is 30.0. The van der Waals surface area contributed by atoms with Crippen LogP contribution in [0.1, 0.15) is 63.7 Å². The van der Waals surface area contributed by atoms with E-state index in [9.17, 15) is 9.59 Å². The number of amides is 2. The first-order valence-electron chi connectivity index (χ1n) is 11.2. The highest BCUT2D eigenvalue weighted by Crippen LogP contribution is 2.41. The van der Waals surface area contributed by atoms with Gasteiger partial charge in [0.05, 0.1) is 5.56 Å². The summed E-state index contributed by atoms with van der Waals surface area (Å²) in [5.74, 6) is 1.18. The van der Waals surface area contributed by atoms with Gasteiger partial charge in [-0.1, -0.05) is 6.42 Å². The van der Waals surface area contributed by atoms with Gasteiger partial charge in [0.15, 0.2) is 0 Å². The Morgan fingerprint density at radius 2 is 1.93 bits per heavy atom. The summed E-state index contributed by atoms with van der Waals surface area (Å²) < 4.78 is 2.12. The van der Waals surface area contributed by atoms with Crippen molar-refractivity contribution in [3.63, 3.8) is 0 Å². The van der Waals surface area contributed by atoms with Gasteiger partial charge >= 0.3 is 0 Å². The van der Waals surface area contributed by atoms with Crippen molar-refractivity contribution < 1.29 is 9.59 Å². The molecule has 3 aliphatic rings. The predicted molar refractivity (Wildman–Crippen MR) is 114 cm³/mol. The fraction of sp³-hybridized carbons (Fsp3) is 0.739. The fourth-order valence-corrected chi connectivity index (χ4v) is 5.73. The first kappa shape index (κ1) is 20.5. The second-order valence-electron chi connectivity index (χ2n) is 10.2. The summed E-state index contributed by atoms with van der Waals surface area (Å²) in [5.41, 5.74) is 0.766. The van der Waals surface area contributed by atoms with Crippen LogP contribution in [0, 0.1) is 11.8 Å². The van der Waals surface area contributed by atoms with Crippen LogP contribution < -0.4 is 5.32 Å². The average molecular weight is 401 g/mol. The lowest BCUT2D eigenvalue weighted by atomic mass is 9.72. The lowest BCUT2D eigenvalue weighted by molar-refractivity contribution is -0.120. The van der Waals surface area contributed by atoms with Crippen LogP contribution in [0.2, 0.25) is 0 Å². The molecule has 0 aromatic carbocycles. The molecule has 1 N–H and O–H groups in total. The van der Waals surface area contributed by atoms with E-state index in [1.165, 1.54) is 25.7 Å². The minimum Gasteiger partial charge on any atom is -0.355 e. The number of hydrogen-bond donors (Lipinski definition) is 1. The van der Waals surface area contributed by atoms with Crippen LogP contribution in [-0.4, -0.2) is 64.4 Å². The number of nitrogens with zero attached hydrogens (tertiary/aromatic N) is 3. The number of fused-ring (bicyclic) bond motifs is 4. The number of aromatic nitrogens is 1. The van der Waals surface area contributed by atoms with E-state index >= 15 is 0 Å². The van der Waals surface area contributed by atoms with E-state index in [1.807, 2.05) is 18.5 Å². The zero-order valence-corrected chi connectivity index (χ0v) is 18.4. The molecule has 4 atom stereocenters. The number of likely N-dealkylation sites (tertiary alicyclic amines) is 1. The molecule has 2 bridgehead atoms. The fourth-order valence-electron chi connectivity index (χ4n) is 5.73. The smallest absolute Gasteiger partial charge is 0.255 e. The Balaban J connectivity index is 1.53. The largest absolute Gasteiger partial charge is 0.355 e. The standard InChI is InChI=1S/C23H36N4O2/c1-16(28)24-12-21-19-11-18(20-7-5-6-9-27(20)21)13-25(14-19)22(29)17-8-10-26(15-17)23(2,3)4/h8,10,15,18-21H,5-7,9,11-14H2,1-4H3,(H,24,28)/t18-,19+,20+,21+/m1/s1. The zero-order chi connectivity index (χ0) is 20.8. The van der Waals surface area contributed by atoms with E-state index in [4.69, 9.17) is 0 Å².